The smallest absolute Gasteiger partial charge is 0.126 e. The molecule has 14 heavy (non-hydrogen) atoms. The molecule has 1 aromatic rings. The molecule has 0 amide bonds. The Morgan fingerprint density at radius 3 is 2.29 bits per heavy atom. The van der Waals surface area contributed by atoms with Crippen LogP contribution in [0.1, 0.15) is 5.56 Å². The van der Waals surface area contributed by atoms with Crippen LogP contribution in [0.5, 0.6) is 0 Å². The highest BCUT2D eigenvalue weighted by atomic mass is 19.1. The Labute approximate surface area is 81.6 Å². The van der Waals surface area contributed by atoms with E-state index in [1.165, 1.54) is 12.1 Å². The number of rotatable bonds is 5. The van der Waals surface area contributed by atoms with Gasteiger partial charge in [0.05, 0.1) is 6.61 Å². The molecule has 0 unspecified atom stereocenters. The van der Waals surface area contributed by atoms with E-state index in [1.807, 2.05) is 0 Å². The predicted octanol–water partition coefficient (Wildman–Crippen LogP) is 1.09. The van der Waals surface area contributed by atoms with Gasteiger partial charge in [-0.2, -0.15) is 0 Å². The van der Waals surface area contributed by atoms with Crippen molar-refractivity contribution in [3.63, 3.8) is 0 Å². The van der Waals surface area contributed by atoms with Gasteiger partial charge < -0.3 is 10.4 Å². The van der Waals surface area contributed by atoms with Crippen LogP contribution >= 0.6 is 0 Å². The molecule has 0 atom stereocenters. The second kappa shape index (κ2) is 5.67. The van der Waals surface area contributed by atoms with Gasteiger partial charge in [-0.1, -0.05) is 0 Å². The van der Waals surface area contributed by atoms with Gasteiger partial charge in [0.15, 0.2) is 0 Å². The summed E-state index contributed by atoms with van der Waals surface area (Å²) in [7, 11) is 0. The molecule has 0 aliphatic rings. The number of hydrogen-bond donors (Lipinski definition) is 2. The molecule has 0 radical (unpaired) electrons. The Hall–Kier alpha value is -1.00. The molecule has 4 heteroatoms. The maximum Gasteiger partial charge on any atom is 0.126 e. The Balaban J connectivity index is 2.42. The van der Waals surface area contributed by atoms with E-state index in [-0.39, 0.29) is 6.61 Å². The lowest BCUT2D eigenvalue weighted by Crippen LogP contribution is -2.20. The lowest BCUT2D eigenvalue weighted by Gasteiger charge is -2.03. The molecule has 0 fully saturated rings. The molecule has 2 N–H and O–H groups in total. The van der Waals surface area contributed by atoms with Crippen LogP contribution in [0, 0.1) is 11.6 Å². The monoisotopic (exact) mass is 201 g/mol. The second-order valence-electron chi connectivity index (χ2n) is 3.00. The van der Waals surface area contributed by atoms with Gasteiger partial charge in [0, 0.05) is 12.6 Å². The van der Waals surface area contributed by atoms with E-state index < -0.39 is 11.6 Å². The zero-order valence-corrected chi connectivity index (χ0v) is 7.76. The molecule has 0 aliphatic carbocycles. The summed E-state index contributed by atoms with van der Waals surface area (Å²) in [5.74, 6) is -1.11. The van der Waals surface area contributed by atoms with E-state index in [0.717, 1.165) is 6.07 Å². The van der Waals surface area contributed by atoms with Crippen LogP contribution in [0.15, 0.2) is 18.2 Å². The van der Waals surface area contributed by atoms with E-state index in [1.54, 1.807) is 0 Å². The summed E-state index contributed by atoms with van der Waals surface area (Å²) in [5, 5.41) is 11.4. The van der Waals surface area contributed by atoms with Crippen molar-refractivity contribution in [2.75, 3.05) is 19.7 Å². The summed E-state index contributed by atoms with van der Waals surface area (Å²) in [5.41, 5.74) is 0.618. The van der Waals surface area contributed by atoms with Gasteiger partial charge in [-0.05, 0) is 30.7 Å². The summed E-state index contributed by atoms with van der Waals surface area (Å²) >= 11 is 0. The average molecular weight is 201 g/mol. The predicted molar refractivity (Wildman–Crippen MR) is 50.0 cm³/mol. The van der Waals surface area contributed by atoms with Crippen molar-refractivity contribution in [1.29, 1.82) is 0 Å². The molecule has 0 spiro atoms. The molecule has 0 aliphatic heterocycles. The van der Waals surface area contributed by atoms with Gasteiger partial charge in [0.2, 0.25) is 0 Å². The quantitative estimate of drug-likeness (QED) is 0.699. The first-order valence-corrected chi connectivity index (χ1v) is 4.49. The number of benzene rings is 1. The lowest BCUT2D eigenvalue weighted by molar-refractivity contribution is 0.293. The van der Waals surface area contributed by atoms with Crippen molar-refractivity contribution >= 4 is 0 Å². The number of aliphatic hydroxyl groups excluding tert-OH is 1. The van der Waals surface area contributed by atoms with Crippen LogP contribution in [0.2, 0.25) is 0 Å². The molecule has 2 nitrogen and oxygen atoms in total. The summed E-state index contributed by atoms with van der Waals surface area (Å²) in [6.07, 6.45) is 0.550. The molecule has 0 heterocycles. The molecule has 0 saturated heterocycles. The maximum absolute atomic E-state index is 12.7. The zero-order chi connectivity index (χ0) is 10.4. The van der Waals surface area contributed by atoms with Gasteiger partial charge in [-0.25, -0.2) is 8.78 Å². The summed E-state index contributed by atoms with van der Waals surface area (Å²) in [6.45, 7) is 1.17. The van der Waals surface area contributed by atoms with E-state index in [0.29, 0.717) is 25.1 Å². The van der Waals surface area contributed by atoms with Crippen LogP contribution in [-0.4, -0.2) is 24.8 Å². The molecule has 0 aromatic heterocycles. The highest BCUT2D eigenvalue weighted by molar-refractivity contribution is 5.18. The SMILES string of the molecule is OCCNCCc1cc(F)cc(F)c1. The Bertz CT molecular complexity index is 271. The summed E-state index contributed by atoms with van der Waals surface area (Å²) in [6, 6.07) is 3.47. The normalized spacial score (nSPS) is 10.5. The third kappa shape index (κ3) is 3.81. The van der Waals surface area contributed by atoms with Gasteiger partial charge in [0.1, 0.15) is 11.6 Å². The van der Waals surface area contributed by atoms with Crippen molar-refractivity contribution < 1.29 is 13.9 Å². The summed E-state index contributed by atoms with van der Waals surface area (Å²) < 4.78 is 25.4. The van der Waals surface area contributed by atoms with Gasteiger partial charge in [-0.3, -0.25) is 0 Å². The van der Waals surface area contributed by atoms with Crippen LogP contribution in [0.25, 0.3) is 0 Å². The third-order valence-electron chi connectivity index (χ3n) is 1.80. The molecule has 1 aromatic carbocycles. The van der Waals surface area contributed by atoms with Crippen LogP contribution < -0.4 is 5.32 Å². The minimum atomic E-state index is -0.554. The van der Waals surface area contributed by atoms with Crippen molar-refractivity contribution in [2.24, 2.45) is 0 Å². The van der Waals surface area contributed by atoms with Crippen molar-refractivity contribution in [3.05, 3.63) is 35.4 Å². The Morgan fingerprint density at radius 1 is 1.07 bits per heavy atom. The standard InChI is InChI=1S/C10H13F2NO/c11-9-5-8(6-10(12)7-9)1-2-13-3-4-14/h5-7,13-14H,1-4H2. The molecule has 78 valence electrons. The van der Waals surface area contributed by atoms with E-state index in [9.17, 15) is 8.78 Å². The Kier molecular flexibility index (Phi) is 4.49. The first kappa shape index (κ1) is 11.1. The topological polar surface area (TPSA) is 32.3 Å². The molecular formula is C10H13F2NO. The third-order valence-corrected chi connectivity index (χ3v) is 1.80. The van der Waals surface area contributed by atoms with Gasteiger partial charge in [0.25, 0.3) is 0 Å². The first-order valence-electron chi connectivity index (χ1n) is 4.49. The average Bonchev–Trinajstić information content (AvgIpc) is 2.11. The summed E-state index contributed by atoms with van der Waals surface area (Å²) in [4.78, 5) is 0. The van der Waals surface area contributed by atoms with E-state index in [4.69, 9.17) is 5.11 Å². The molecule has 1 rings (SSSR count). The van der Waals surface area contributed by atoms with Crippen molar-refractivity contribution in [3.8, 4) is 0 Å². The fourth-order valence-corrected chi connectivity index (χ4v) is 1.19. The maximum atomic E-state index is 12.7. The molecular weight excluding hydrogens is 188 g/mol. The van der Waals surface area contributed by atoms with Crippen molar-refractivity contribution in [1.82, 2.24) is 5.32 Å². The van der Waals surface area contributed by atoms with Crippen molar-refractivity contribution in [2.45, 2.75) is 6.42 Å². The largest absolute Gasteiger partial charge is 0.395 e. The fraction of sp³-hybridized carbons (Fsp3) is 0.400. The Morgan fingerprint density at radius 2 is 1.71 bits per heavy atom. The number of hydrogen-bond acceptors (Lipinski definition) is 2. The molecule has 0 bridgehead atoms. The van der Waals surface area contributed by atoms with Gasteiger partial charge in [-0.15, -0.1) is 0 Å². The highest BCUT2D eigenvalue weighted by Gasteiger charge is 1.99. The number of halogens is 2. The lowest BCUT2D eigenvalue weighted by atomic mass is 10.1. The first-order chi connectivity index (χ1) is 6.72. The number of nitrogens with one attached hydrogen (secondary N) is 1. The highest BCUT2D eigenvalue weighted by Crippen LogP contribution is 2.07. The number of aliphatic hydroxyl groups is 1. The fourth-order valence-electron chi connectivity index (χ4n) is 1.19. The second-order valence-corrected chi connectivity index (χ2v) is 3.00. The minimum Gasteiger partial charge on any atom is -0.395 e. The van der Waals surface area contributed by atoms with Crippen LogP contribution in [-0.2, 0) is 6.42 Å². The minimum absolute atomic E-state index is 0.0670. The van der Waals surface area contributed by atoms with E-state index >= 15 is 0 Å². The van der Waals surface area contributed by atoms with Gasteiger partial charge >= 0.3 is 0 Å². The van der Waals surface area contributed by atoms with Crippen LogP contribution in [0.3, 0.4) is 0 Å². The molecule has 0 saturated carbocycles. The van der Waals surface area contributed by atoms with Crippen LogP contribution in [0.4, 0.5) is 8.78 Å². The van der Waals surface area contributed by atoms with E-state index in [2.05, 4.69) is 5.32 Å². The zero-order valence-electron chi connectivity index (χ0n) is 7.76.